The Morgan fingerprint density at radius 3 is 2.28 bits per heavy atom. The van der Waals surface area contributed by atoms with Gasteiger partial charge in [-0.2, -0.15) is 0 Å². The van der Waals surface area contributed by atoms with Crippen LogP contribution < -0.4 is 14.8 Å². The van der Waals surface area contributed by atoms with Gasteiger partial charge in [-0.25, -0.2) is 0 Å². The van der Waals surface area contributed by atoms with E-state index in [9.17, 15) is 4.79 Å². The molecule has 0 aliphatic heterocycles. The lowest BCUT2D eigenvalue weighted by molar-refractivity contribution is 0.0955. The van der Waals surface area contributed by atoms with Gasteiger partial charge in [0.2, 0.25) is 0 Å². The fourth-order valence-electron chi connectivity index (χ4n) is 5.24. The van der Waals surface area contributed by atoms with Gasteiger partial charge in [0.1, 0.15) is 17.2 Å². The quantitative estimate of drug-likeness (QED) is 0.245. The van der Waals surface area contributed by atoms with E-state index in [0.29, 0.717) is 21.4 Å². The Labute approximate surface area is 239 Å². The van der Waals surface area contributed by atoms with Gasteiger partial charge in [0.05, 0.1) is 12.0 Å². The van der Waals surface area contributed by atoms with Crippen molar-refractivity contribution in [1.29, 1.82) is 0 Å². The first-order valence-corrected chi connectivity index (χ1v) is 14.4. The minimum absolute atomic E-state index is 0.0812. The molecule has 202 valence electrons. The molecule has 4 nitrogen and oxygen atoms in total. The number of benzene rings is 3. The largest absolute Gasteiger partial charge is 0.496 e. The second-order valence-corrected chi connectivity index (χ2v) is 12.8. The number of para-hydroxylation sites is 1. The molecule has 4 aromatic rings. The van der Waals surface area contributed by atoms with E-state index in [1.807, 2.05) is 54.6 Å². The number of amides is 1. The smallest absolute Gasteiger partial charge is 0.261 e. The van der Waals surface area contributed by atoms with E-state index in [1.165, 1.54) is 22.5 Å². The van der Waals surface area contributed by atoms with E-state index in [1.54, 1.807) is 13.2 Å². The zero-order valence-electron chi connectivity index (χ0n) is 23.1. The van der Waals surface area contributed by atoms with Crippen molar-refractivity contribution < 1.29 is 14.3 Å². The molecule has 3 aromatic carbocycles. The van der Waals surface area contributed by atoms with Crippen molar-refractivity contribution in [1.82, 2.24) is 5.32 Å². The minimum atomic E-state index is -0.157. The zero-order chi connectivity index (χ0) is 27.8. The first kappa shape index (κ1) is 27.3. The highest BCUT2D eigenvalue weighted by Gasteiger charge is 2.38. The SMILES string of the molecule is COc1cc2c(cc1-c1ccc(C(=O)NCc3c(Cl)cccc3Oc3ccccc3)s1)C(C)(C)CCC2(C)C. The number of hydrogen-bond donors (Lipinski definition) is 1. The summed E-state index contributed by atoms with van der Waals surface area (Å²) in [5, 5.41) is 3.57. The molecular formula is C33H34ClNO3S. The standard InChI is InChI=1S/C33H34ClNO3S/c1-32(2)16-17-33(3,4)25-19-28(37-5)22(18-24(25)32)29-14-15-30(39-29)31(36)35-20-23-26(34)12-9-13-27(23)38-21-10-7-6-8-11-21/h6-15,18-19H,16-17,20H2,1-5H3,(H,35,36). The van der Waals surface area contributed by atoms with Crippen LogP contribution in [-0.2, 0) is 17.4 Å². The molecule has 1 N–H and O–H groups in total. The summed E-state index contributed by atoms with van der Waals surface area (Å²) in [6, 6.07) is 23.4. The van der Waals surface area contributed by atoms with Gasteiger partial charge < -0.3 is 14.8 Å². The van der Waals surface area contributed by atoms with Crippen molar-refractivity contribution >= 4 is 28.8 Å². The summed E-state index contributed by atoms with van der Waals surface area (Å²) in [7, 11) is 1.71. The fourth-order valence-corrected chi connectivity index (χ4v) is 6.41. The Hall–Kier alpha value is -3.28. The highest BCUT2D eigenvalue weighted by atomic mass is 35.5. The Morgan fingerprint density at radius 2 is 1.59 bits per heavy atom. The number of halogens is 1. The molecular weight excluding hydrogens is 526 g/mol. The van der Waals surface area contributed by atoms with Gasteiger partial charge in [0.25, 0.3) is 5.91 Å². The maximum Gasteiger partial charge on any atom is 0.261 e. The first-order valence-electron chi connectivity index (χ1n) is 13.2. The van der Waals surface area contributed by atoms with E-state index in [4.69, 9.17) is 21.1 Å². The van der Waals surface area contributed by atoms with Crippen LogP contribution in [0.15, 0.2) is 72.8 Å². The molecule has 0 bridgehead atoms. The summed E-state index contributed by atoms with van der Waals surface area (Å²) in [6.07, 6.45) is 2.28. The number of nitrogens with one attached hydrogen (secondary N) is 1. The summed E-state index contributed by atoms with van der Waals surface area (Å²) >= 11 is 7.97. The van der Waals surface area contributed by atoms with Gasteiger partial charge in [-0.1, -0.05) is 63.6 Å². The van der Waals surface area contributed by atoms with Crippen LogP contribution in [0.2, 0.25) is 5.02 Å². The predicted molar refractivity (Wildman–Crippen MR) is 161 cm³/mol. The molecule has 5 rings (SSSR count). The average molecular weight is 560 g/mol. The third-order valence-electron chi connectivity index (χ3n) is 7.74. The van der Waals surface area contributed by atoms with Crippen molar-refractivity contribution in [2.24, 2.45) is 0 Å². The van der Waals surface area contributed by atoms with Crippen LogP contribution in [0.3, 0.4) is 0 Å². The second kappa shape index (κ2) is 10.7. The maximum atomic E-state index is 13.2. The molecule has 0 saturated carbocycles. The fraction of sp³-hybridized carbons (Fsp3) is 0.303. The van der Waals surface area contributed by atoms with Gasteiger partial charge in [0.15, 0.2) is 0 Å². The number of rotatable bonds is 7. The van der Waals surface area contributed by atoms with Gasteiger partial charge >= 0.3 is 0 Å². The molecule has 0 radical (unpaired) electrons. The number of carbonyl (C=O) groups is 1. The van der Waals surface area contributed by atoms with Crippen molar-refractivity contribution in [3.8, 4) is 27.7 Å². The lowest BCUT2D eigenvalue weighted by atomic mass is 9.63. The van der Waals surface area contributed by atoms with Crippen molar-refractivity contribution in [3.05, 3.63) is 99.4 Å². The van der Waals surface area contributed by atoms with Gasteiger partial charge in [0, 0.05) is 27.6 Å². The molecule has 0 saturated heterocycles. The minimum Gasteiger partial charge on any atom is -0.496 e. The summed E-state index contributed by atoms with van der Waals surface area (Å²) < 4.78 is 11.9. The molecule has 1 amide bonds. The van der Waals surface area contributed by atoms with Crippen molar-refractivity contribution in [3.63, 3.8) is 0 Å². The number of methoxy groups -OCH3 is 1. The highest BCUT2D eigenvalue weighted by Crippen LogP contribution is 2.49. The van der Waals surface area contributed by atoms with Crippen LogP contribution in [0.1, 0.15) is 66.9 Å². The maximum absolute atomic E-state index is 13.2. The van der Waals surface area contributed by atoms with Gasteiger partial charge in [-0.15, -0.1) is 11.3 Å². The van der Waals surface area contributed by atoms with Crippen LogP contribution >= 0.6 is 22.9 Å². The van der Waals surface area contributed by atoms with Crippen molar-refractivity contribution in [2.75, 3.05) is 7.11 Å². The number of ether oxygens (including phenoxy) is 2. The van der Waals surface area contributed by atoms with Gasteiger partial charge in [-0.05, 0) is 83.3 Å². The summed E-state index contributed by atoms with van der Waals surface area (Å²) in [6.45, 7) is 9.50. The monoisotopic (exact) mass is 559 g/mol. The molecule has 1 aromatic heterocycles. The molecule has 0 fully saturated rings. The Balaban J connectivity index is 1.38. The highest BCUT2D eigenvalue weighted by molar-refractivity contribution is 7.17. The third kappa shape index (κ3) is 5.57. The van der Waals surface area contributed by atoms with E-state index in [2.05, 4.69) is 45.1 Å². The lowest BCUT2D eigenvalue weighted by Crippen LogP contribution is -2.33. The Kier molecular flexibility index (Phi) is 7.49. The molecule has 1 aliphatic carbocycles. The van der Waals surface area contributed by atoms with Crippen LogP contribution in [0, 0.1) is 0 Å². The molecule has 39 heavy (non-hydrogen) atoms. The van der Waals surface area contributed by atoms with E-state index < -0.39 is 0 Å². The van der Waals surface area contributed by atoms with E-state index in [-0.39, 0.29) is 23.3 Å². The topological polar surface area (TPSA) is 47.6 Å². The zero-order valence-corrected chi connectivity index (χ0v) is 24.6. The van der Waals surface area contributed by atoms with E-state index >= 15 is 0 Å². The Morgan fingerprint density at radius 1 is 0.897 bits per heavy atom. The summed E-state index contributed by atoms with van der Waals surface area (Å²) in [5.41, 5.74) is 4.64. The molecule has 1 heterocycles. The first-order chi connectivity index (χ1) is 18.6. The molecule has 0 atom stereocenters. The number of thiophene rings is 1. The number of carbonyl (C=O) groups excluding carboxylic acids is 1. The Bertz CT molecular complexity index is 1510. The third-order valence-corrected chi connectivity index (χ3v) is 9.21. The molecule has 0 spiro atoms. The molecule has 0 unspecified atom stereocenters. The summed E-state index contributed by atoms with van der Waals surface area (Å²) in [4.78, 5) is 14.8. The van der Waals surface area contributed by atoms with Crippen LogP contribution in [-0.4, -0.2) is 13.0 Å². The van der Waals surface area contributed by atoms with Crippen molar-refractivity contribution in [2.45, 2.75) is 57.9 Å². The molecule has 6 heteroatoms. The van der Waals surface area contributed by atoms with Gasteiger partial charge in [-0.3, -0.25) is 4.79 Å². The van der Waals surface area contributed by atoms with Crippen LogP contribution in [0.5, 0.6) is 17.2 Å². The lowest BCUT2D eigenvalue weighted by Gasteiger charge is -2.42. The number of fused-ring (bicyclic) bond motifs is 1. The predicted octanol–water partition coefficient (Wildman–Crippen LogP) is 9.15. The second-order valence-electron chi connectivity index (χ2n) is 11.3. The summed E-state index contributed by atoms with van der Waals surface area (Å²) in [5.74, 6) is 2.01. The normalized spacial score (nSPS) is 15.3. The van der Waals surface area contributed by atoms with E-state index in [0.717, 1.165) is 34.6 Å². The average Bonchev–Trinajstić information content (AvgIpc) is 3.41. The molecule has 1 aliphatic rings. The van der Waals surface area contributed by atoms with Crippen LogP contribution in [0.4, 0.5) is 0 Å². The van der Waals surface area contributed by atoms with Crippen LogP contribution in [0.25, 0.3) is 10.4 Å². The number of hydrogen-bond acceptors (Lipinski definition) is 4.